The Balaban J connectivity index is 2.12. The minimum Gasteiger partial charge on any atom is -0.504 e. The number of carbonyl (C=O) groups is 1. The maximum absolute atomic E-state index is 11.9. The fourth-order valence-electron chi connectivity index (χ4n) is 2.26. The first-order valence-corrected chi connectivity index (χ1v) is 5.89. The molecule has 1 aromatic carbocycles. The molecule has 0 radical (unpaired) electrons. The van der Waals surface area contributed by atoms with Gasteiger partial charge in [0.15, 0.2) is 11.5 Å². The van der Waals surface area contributed by atoms with Gasteiger partial charge in [-0.2, -0.15) is 0 Å². The molecule has 2 N–H and O–H groups in total. The van der Waals surface area contributed by atoms with Crippen LogP contribution in [0.25, 0.3) is 0 Å². The van der Waals surface area contributed by atoms with Crippen molar-refractivity contribution < 1.29 is 14.6 Å². The van der Waals surface area contributed by atoms with Crippen LogP contribution in [-0.2, 0) is 4.79 Å². The highest BCUT2D eigenvalue weighted by molar-refractivity contribution is 5.94. The first-order valence-electron chi connectivity index (χ1n) is 5.89. The molecule has 0 unspecified atom stereocenters. The lowest BCUT2D eigenvalue weighted by Crippen LogP contribution is -2.20. The molecule has 1 fully saturated rings. The molecule has 0 bridgehead atoms. The lowest BCUT2D eigenvalue weighted by Gasteiger charge is -2.13. The number of aromatic hydroxyl groups is 1. The van der Waals surface area contributed by atoms with Gasteiger partial charge in [-0.1, -0.05) is 18.9 Å². The number of rotatable bonds is 3. The van der Waals surface area contributed by atoms with E-state index in [0.29, 0.717) is 11.4 Å². The van der Waals surface area contributed by atoms with E-state index in [1.807, 2.05) is 0 Å². The summed E-state index contributed by atoms with van der Waals surface area (Å²) in [7, 11) is 1.47. The third kappa shape index (κ3) is 2.52. The van der Waals surface area contributed by atoms with Gasteiger partial charge in [0, 0.05) is 5.92 Å². The second kappa shape index (κ2) is 5.08. The fraction of sp³-hybridized carbons (Fsp3) is 0.462. The molecule has 1 saturated carbocycles. The van der Waals surface area contributed by atoms with E-state index in [-0.39, 0.29) is 17.6 Å². The average Bonchev–Trinajstić information content (AvgIpc) is 2.82. The molecule has 2 rings (SSSR count). The summed E-state index contributed by atoms with van der Waals surface area (Å²) in [5.74, 6) is 0.476. The first kappa shape index (κ1) is 11.8. The molecule has 1 aliphatic carbocycles. The van der Waals surface area contributed by atoms with Gasteiger partial charge in [-0.3, -0.25) is 4.79 Å². The summed E-state index contributed by atoms with van der Waals surface area (Å²) in [4.78, 5) is 11.9. The second-order valence-electron chi connectivity index (χ2n) is 4.33. The molecule has 0 atom stereocenters. The van der Waals surface area contributed by atoms with Gasteiger partial charge < -0.3 is 15.2 Å². The number of hydrogen-bond donors (Lipinski definition) is 2. The fourth-order valence-corrected chi connectivity index (χ4v) is 2.26. The van der Waals surface area contributed by atoms with Gasteiger partial charge >= 0.3 is 0 Å². The number of nitrogens with one attached hydrogen (secondary N) is 1. The van der Waals surface area contributed by atoms with Crippen LogP contribution >= 0.6 is 0 Å². The van der Waals surface area contributed by atoms with Crippen LogP contribution in [0.15, 0.2) is 18.2 Å². The van der Waals surface area contributed by atoms with Crippen LogP contribution in [0.1, 0.15) is 25.7 Å². The number of hydrogen-bond acceptors (Lipinski definition) is 3. The Bertz CT molecular complexity index is 411. The van der Waals surface area contributed by atoms with Crippen molar-refractivity contribution >= 4 is 11.6 Å². The molecule has 0 spiro atoms. The second-order valence-corrected chi connectivity index (χ2v) is 4.33. The topological polar surface area (TPSA) is 58.6 Å². The Morgan fingerprint density at radius 2 is 2.12 bits per heavy atom. The van der Waals surface area contributed by atoms with Gasteiger partial charge in [-0.15, -0.1) is 0 Å². The summed E-state index contributed by atoms with van der Waals surface area (Å²) in [6, 6.07) is 4.94. The Kier molecular flexibility index (Phi) is 3.52. The highest BCUT2D eigenvalue weighted by Crippen LogP contribution is 2.35. The summed E-state index contributed by atoms with van der Waals surface area (Å²) >= 11 is 0. The van der Waals surface area contributed by atoms with Crippen LogP contribution in [0, 0.1) is 5.92 Å². The van der Waals surface area contributed by atoms with Crippen LogP contribution < -0.4 is 10.1 Å². The minimum atomic E-state index is 0.0198. The zero-order valence-electron chi connectivity index (χ0n) is 9.90. The number of ether oxygens (including phenoxy) is 1. The lowest BCUT2D eigenvalue weighted by atomic mass is 10.1. The van der Waals surface area contributed by atoms with Crippen molar-refractivity contribution in [2.75, 3.05) is 12.4 Å². The molecule has 4 heteroatoms. The molecule has 0 heterocycles. The predicted octanol–water partition coefficient (Wildman–Crippen LogP) is 2.53. The Hall–Kier alpha value is -1.71. The molecule has 0 aliphatic heterocycles. The number of para-hydroxylation sites is 1. The molecule has 17 heavy (non-hydrogen) atoms. The summed E-state index contributed by atoms with van der Waals surface area (Å²) in [6.45, 7) is 0. The zero-order chi connectivity index (χ0) is 12.3. The molecule has 92 valence electrons. The molecular formula is C13H17NO3. The van der Waals surface area contributed by atoms with E-state index in [4.69, 9.17) is 4.74 Å². The van der Waals surface area contributed by atoms with E-state index in [2.05, 4.69) is 5.32 Å². The summed E-state index contributed by atoms with van der Waals surface area (Å²) in [5, 5.41) is 12.4. The molecule has 0 aromatic heterocycles. The largest absolute Gasteiger partial charge is 0.504 e. The highest BCUT2D eigenvalue weighted by atomic mass is 16.5. The number of phenolic OH excluding ortho intramolecular Hbond substituents is 1. The summed E-state index contributed by atoms with van der Waals surface area (Å²) < 4.78 is 5.07. The standard InChI is InChI=1S/C13H17NO3/c1-17-12-10(7-4-8-11(12)15)14-13(16)9-5-2-3-6-9/h4,7-9,15H,2-3,5-6H2,1H3,(H,14,16). The monoisotopic (exact) mass is 235 g/mol. The van der Waals surface area contributed by atoms with Crippen LogP contribution in [0.3, 0.4) is 0 Å². The number of amides is 1. The van der Waals surface area contributed by atoms with Gasteiger partial charge in [0.1, 0.15) is 0 Å². The van der Waals surface area contributed by atoms with E-state index >= 15 is 0 Å². The first-order chi connectivity index (χ1) is 8.22. The Labute approximate surface area is 101 Å². The van der Waals surface area contributed by atoms with Crippen molar-refractivity contribution in [3.05, 3.63) is 18.2 Å². The molecule has 1 aromatic rings. The molecule has 1 amide bonds. The quantitative estimate of drug-likeness (QED) is 0.846. The number of anilines is 1. The predicted molar refractivity (Wildman–Crippen MR) is 65.2 cm³/mol. The maximum Gasteiger partial charge on any atom is 0.227 e. The van der Waals surface area contributed by atoms with Gasteiger partial charge in [0.25, 0.3) is 0 Å². The van der Waals surface area contributed by atoms with Crippen LogP contribution in [-0.4, -0.2) is 18.1 Å². The van der Waals surface area contributed by atoms with Gasteiger partial charge in [-0.25, -0.2) is 0 Å². The Morgan fingerprint density at radius 1 is 1.41 bits per heavy atom. The van der Waals surface area contributed by atoms with Crippen LogP contribution in [0.2, 0.25) is 0 Å². The van der Waals surface area contributed by atoms with E-state index < -0.39 is 0 Å². The molecule has 4 nitrogen and oxygen atoms in total. The van der Waals surface area contributed by atoms with Crippen molar-refractivity contribution in [3.8, 4) is 11.5 Å². The van der Waals surface area contributed by atoms with E-state index in [9.17, 15) is 9.90 Å². The summed E-state index contributed by atoms with van der Waals surface area (Å²) in [6.07, 6.45) is 4.14. The Morgan fingerprint density at radius 3 is 2.76 bits per heavy atom. The average molecular weight is 235 g/mol. The van der Waals surface area contributed by atoms with Crippen molar-refractivity contribution in [1.82, 2.24) is 0 Å². The van der Waals surface area contributed by atoms with Crippen molar-refractivity contribution in [2.45, 2.75) is 25.7 Å². The van der Waals surface area contributed by atoms with Crippen LogP contribution in [0.4, 0.5) is 5.69 Å². The highest BCUT2D eigenvalue weighted by Gasteiger charge is 2.23. The number of carbonyl (C=O) groups excluding carboxylic acids is 1. The lowest BCUT2D eigenvalue weighted by molar-refractivity contribution is -0.119. The van der Waals surface area contributed by atoms with Crippen LogP contribution in [0.5, 0.6) is 11.5 Å². The van der Waals surface area contributed by atoms with Crippen molar-refractivity contribution in [2.24, 2.45) is 5.92 Å². The number of phenols is 1. The summed E-state index contributed by atoms with van der Waals surface area (Å²) in [5.41, 5.74) is 0.532. The van der Waals surface area contributed by atoms with E-state index in [1.54, 1.807) is 12.1 Å². The molecule has 1 aliphatic rings. The molecular weight excluding hydrogens is 218 g/mol. The number of methoxy groups -OCH3 is 1. The van der Waals surface area contributed by atoms with E-state index in [1.165, 1.54) is 13.2 Å². The van der Waals surface area contributed by atoms with Gasteiger partial charge in [-0.05, 0) is 25.0 Å². The molecule has 0 saturated heterocycles. The van der Waals surface area contributed by atoms with Crippen molar-refractivity contribution in [3.63, 3.8) is 0 Å². The van der Waals surface area contributed by atoms with Gasteiger partial charge in [0.2, 0.25) is 5.91 Å². The third-order valence-electron chi connectivity index (χ3n) is 3.18. The zero-order valence-corrected chi connectivity index (χ0v) is 9.90. The third-order valence-corrected chi connectivity index (χ3v) is 3.18. The van der Waals surface area contributed by atoms with Crippen molar-refractivity contribution in [1.29, 1.82) is 0 Å². The van der Waals surface area contributed by atoms with Gasteiger partial charge in [0.05, 0.1) is 12.8 Å². The SMILES string of the molecule is COc1c(O)cccc1NC(=O)C1CCCC1. The number of benzene rings is 1. The smallest absolute Gasteiger partial charge is 0.227 e. The normalized spacial score (nSPS) is 15.8. The van der Waals surface area contributed by atoms with E-state index in [0.717, 1.165) is 25.7 Å². The minimum absolute atomic E-state index is 0.0198. The maximum atomic E-state index is 11.9.